The lowest BCUT2D eigenvalue weighted by atomic mass is 9.91. The van der Waals surface area contributed by atoms with Crippen molar-refractivity contribution in [3.8, 4) is 10.4 Å². The van der Waals surface area contributed by atoms with Crippen molar-refractivity contribution >= 4 is 28.6 Å². The summed E-state index contributed by atoms with van der Waals surface area (Å²) in [6.07, 6.45) is 9.48. The van der Waals surface area contributed by atoms with E-state index in [1.54, 1.807) is 22.2 Å². The van der Waals surface area contributed by atoms with Crippen molar-refractivity contribution in [3.05, 3.63) is 95.0 Å². The Balaban J connectivity index is 1.19. The number of benzene rings is 1. The number of aryl methyl sites for hydroxylation is 2. The molecule has 1 N–H and O–H groups in total. The number of hydrogen-bond acceptors (Lipinski definition) is 4. The molecule has 6 nitrogen and oxygen atoms in total. The molecule has 0 atom stereocenters. The minimum absolute atomic E-state index is 0.0934. The average molecular weight is 426 g/mol. The summed E-state index contributed by atoms with van der Waals surface area (Å²) in [4.78, 5) is 19.4. The summed E-state index contributed by atoms with van der Waals surface area (Å²) in [7, 11) is 0. The Morgan fingerprint density at radius 1 is 1.06 bits per heavy atom. The quantitative estimate of drug-likeness (QED) is 0.456. The number of thiophene rings is 1. The van der Waals surface area contributed by atoms with Crippen LogP contribution < -0.4 is 5.32 Å². The van der Waals surface area contributed by atoms with Gasteiger partial charge in [-0.25, -0.2) is 4.98 Å². The molecule has 1 aliphatic carbocycles. The van der Waals surface area contributed by atoms with Gasteiger partial charge in [-0.05, 0) is 47.7 Å². The van der Waals surface area contributed by atoms with Crippen LogP contribution in [0.25, 0.3) is 16.1 Å². The van der Waals surface area contributed by atoms with Gasteiger partial charge in [-0.2, -0.15) is 5.10 Å². The van der Waals surface area contributed by atoms with Gasteiger partial charge in [0.15, 0.2) is 0 Å². The van der Waals surface area contributed by atoms with Crippen LogP contribution >= 0.6 is 11.3 Å². The Labute approximate surface area is 182 Å². The number of amides is 1. The number of carbonyl (C=O) groups excluding carboxylic acids is 1. The van der Waals surface area contributed by atoms with E-state index >= 15 is 0 Å². The van der Waals surface area contributed by atoms with Crippen LogP contribution in [0.5, 0.6) is 0 Å². The summed E-state index contributed by atoms with van der Waals surface area (Å²) < 4.78 is 3.77. The number of fused-ring (bicyclic) bond motifs is 4. The standard InChI is InChI=1S/C24H19N5OS/c30-24(21-11-17-9-8-16-5-1-2-6-20(16)23(17)31-21)27-18-12-25-29(14-18)15-19-13-28-10-4-3-7-22(28)26-19/h1-7,10-14H,8-9,15H2,(H,27,30). The van der Waals surface area contributed by atoms with Crippen LogP contribution in [0.1, 0.15) is 26.5 Å². The molecule has 4 aromatic heterocycles. The molecule has 0 aliphatic heterocycles. The number of carbonyl (C=O) groups is 1. The van der Waals surface area contributed by atoms with E-state index in [0.29, 0.717) is 12.2 Å². The molecule has 5 aromatic rings. The monoisotopic (exact) mass is 425 g/mol. The van der Waals surface area contributed by atoms with Gasteiger partial charge >= 0.3 is 0 Å². The predicted octanol–water partition coefficient (Wildman–Crippen LogP) is 4.66. The van der Waals surface area contributed by atoms with Gasteiger partial charge < -0.3 is 9.72 Å². The van der Waals surface area contributed by atoms with E-state index in [1.807, 2.05) is 47.3 Å². The third-order valence-electron chi connectivity index (χ3n) is 5.59. The van der Waals surface area contributed by atoms with E-state index in [-0.39, 0.29) is 5.91 Å². The molecule has 0 bridgehead atoms. The molecule has 0 saturated carbocycles. The summed E-state index contributed by atoms with van der Waals surface area (Å²) in [5.74, 6) is -0.0934. The molecule has 4 heterocycles. The maximum absolute atomic E-state index is 12.9. The lowest BCUT2D eigenvalue weighted by molar-refractivity contribution is 0.103. The Hall–Kier alpha value is -3.71. The van der Waals surface area contributed by atoms with Crippen LogP contribution in [0.15, 0.2) is 73.3 Å². The van der Waals surface area contributed by atoms with Gasteiger partial charge in [-0.3, -0.25) is 9.48 Å². The largest absolute Gasteiger partial charge is 0.319 e. The van der Waals surface area contributed by atoms with Crippen molar-refractivity contribution in [2.75, 3.05) is 5.32 Å². The minimum atomic E-state index is -0.0934. The first kappa shape index (κ1) is 18.1. The Morgan fingerprint density at radius 3 is 2.87 bits per heavy atom. The molecule has 7 heteroatoms. The second kappa shape index (κ2) is 7.21. The molecule has 0 unspecified atom stereocenters. The number of nitrogens with zero attached hydrogens (tertiary/aromatic N) is 4. The van der Waals surface area contributed by atoms with Crippen LogP contribution in [-0.4, -0.2) is 25.1 Å². The highest BCUT2D eigenvalue weighted by atomic mass is 32.1. The van der Waals surface area contributed by atoms with Crippen LogP contribution in [0.2, 0.25) is 0 Å². The lowest BCUT2D eigenvalue weighted by Crippen LogP contribution is -2.09. The second-order valence-corrected chi connectivity index (χ2v) is 8.75. The van der Waals surface area contributed by atoms with E-state index < -0.39 is 0 Å². The van der Waals surface area contributed by atoms with E-state index in [4.69, 9.17) is 0 Å². The average Bonchev–Trinajstić information content (AvgIpc) is 3.51. The van der Waals surface area contributed by atoms with Gasteiger partial charge in [0.1, 0.15) is 5.65 Å². The number of imidazole rings is 1. The third-order valence-corrected chi connectivity index (χ3v) is 6.80. The maximum atomic E-state index is 12.9. The molecular weight excluding hydrogens is 406 g/mol. The van der Waals surface area contributed by atoms with Gasteiger partial charge in [0.2, 0.25) is 0 Å². The normalized spacial score (nSPS) is 12.5. The highest BCUT2D eigenvalue weighted by Crippen LogP contribution is 2.39. The molecule has 152 valence electrons. The molecule has 1 amide bonds. The van der Waals surface area contributed by atoms with Gasteiger partial charge in [-0.1, -0.05) is 30.3 Å². The van der Waals surface area contributed by atoms with Crippen molar-refractivity contribution in [1.82, 2.24) is 19.2 Å². The van der Waals surface area contributed by atoms with E-state index in [9.17, 15) is 4.79 Å². The van der Waals surface area contributed by atoms with Crippen molar-refractivity contribution in [1.29, 1.82) is 0 Å². The molecule has 6 rings (SSSR count). The minimum Gasteiger partial charge on any atom is -0.319 e. The van der Waals surface area contributed by atoms with Crippen molar-refractivity contribution in [2.24, 2.45) is 0 Å². The smallest absolute Gasteiger partial charge is 0.265 e. The summed E-state index contributed by atoms with van der Waals surface area (Å²) in [5.41, 5.74) is 6.38. The Kier molecular flexibility index (Phi) is 4.21. The number of hydrogen-bond donors (Lipinski definition) is 1. The van der Waals surface area contributed by atoms with Gasteiger partial charge in [0.25, 0.3) is 5.91 Å². The van der Waals surface area contributed by atoms with Gasteiger partial charge in [0, 0.05) is 23.5 Å². The maximum Gasteiger partial charge on any atom is 0.265 e. The van der Waals surface area contributed by atoms with Crippen LogP contribution in [-0.2, 0) is 19.4 Å². The number of rotatable bonds is 4. The molecule has 1 aromatic carbocycles. The molecule has 0 radical (unpaired) electrons. The summed E-state index contributed by atoms with van der Waals surface area (Å²) >= 11 is 1.57. The van der Waals surface area contributed by atoms with Crippen LogP contribution in [0.4, 0.5) is 5.69 Å². The fourth-order valence-electron chi connectivity index (χ4n) is 4.12. The fraction of sp³-hybridized carbons (Fsp3) is 0.125. The fourth-order valence-corrected chi connectivity index (χ4v) is 5.29. The first-order valence-corrected chi connectivity index (χ1v) is 11.0. The zero-order valence-corrected chi connectivity index (χ0v) is 17.5. The summed E-state index contributed by atoms with van der Waals surface area (Å²) in [6.45, 7) is 0.543. The second-order valence-electron chi connectivity index (χ2n) is 7.70. The lowest BCUT2D eigenvalue weighted by Gasteiger charge is -2.15. The van der Waals surface area contributed by atoms with E-state index in [1.165, 1.54) is 21.6 Å². The van der Waals surface area contributed by atoms with Gasteiger partial charge in [0.05, 0.1) is 29.0 Å². The first-order chi connectivity index (χ1) is 15.2. The van der Waals surface area contributed by atoms with Crippen molar-refractivity contribution in [2.45, 2.75) is 19.4 Å². The van der Waals surface area contributed by atoms with Gasteiger partial charge in [-0.15, -0.1) is 11.3 Å². The van der Waals surface area contributed by atoms with Crippen molar-refractivity contribution < 1.29 is 4.79 Å². The van der Waals surface area contributed by atoms with E-state index in [2.05, 4.69) is 39.7 Å². The summed E-state index contributed by atoms with van der Waals surface area (Å²) in [6, 6.07) is 16.4. The molecule has 1 aliphatic rings. The first-order valence-electron chi connectivity index (χ1n) is 10.2. The van der Waals surface area contributed by atoms with Crippen LogP contribution in [0, 0.1) is 0 Å². The zero-order chi connectivity index (χ0) is 20.8. The zero-order valence-electron chi connectivity index (χ0n) is 16.7. The topological polar surface area (TPSA) is 64.2 Å². The Bertz CT molecular complexity index is 1390. The molecular formula is C24H19N5OS. The number of nitrogens with one attached hydrogen (secondary N) is 1. The number of anilines is 1. The molecule has 0 fully saturated rings. The molecule has 0 saturated heterocycles. The Morgan fingerprint density at radius 2 is 1.94 bits per heavy atom. The van der Waals surface area contributed by atoms with Crippen molar-refractivity contribution in [3.63, 3.8) is 0 Å². The highest BCUT2D eigenvalue weighted by molar-refractivity contribution is 7.17. The highest BCUT2D eigenvalue weighted by Gasteiger charge is 2.21. The predicted molar refractivity (Wildman–Crippen MR) is 122 cm³/mol. The molecule has 31 heavy (non-hydrogen) atoms. The number of aromatic nitrogens is 4. The van der Waals surface area contributed by atoms with E-state index in [0.717, 1.165) is 29.1 Å². The third kappa shape index (κ3) is 3.33. The summed E-state index contributed by atoms with van der Waals surface area (Å²) in [5, 5.41) is 7.37. The SMILES string of the molecule is O=C(Nc1cnn(Cc2cn3ccccc3n2)c1)c1cc2c(s1)-c1ccccc1CC2. The number of pyridine rings is 1. The molecule has 0 spiro atoms. The van der Waals surface area contributed by atoms with Crippen LogP contribution in [0.3, 0.4) is 0 Å².